The van der Waals surface area contributed by atoms with Crippen molar-refractivity contribution < 1.29 is 9.63 Å². The van der Waals surface area contributed by atoms with Crippen LogP contribution in [0.1, 0.15) is 21.7 Å². The number of carbonyl (C=O) groups excluding carboxylic acids is 1. The topological polar surface area (TPSA) is 102 Å². The maximum atomic E-state index is 13.4. The van der Waals surface area contributed by atoms with Gasteiger partial charge in [0.25, 0.3) is 5.91 Å². The minimum Gasteiger partial charge on any atom is -0.391 e. The lowest BCUT2D eigenvalue weighted by molar-refractivity contribution is 0.0795. The molecule has 2 aromatic heterocycles. The summed E-state index contributed by atoms with van der Waals surface area (Å²) in [5, 5.41) is 19.6. The third-order valence-electron chi connectivity index (χ3n) is 5.03. The number of aromatic amines is 1. The summed E-state index contributed by atoms with van der Waals surface area (Å²) in [7, 11) is 0. The summed E-state index contributed by atoms with van der Waals surface area (Å²) < 4.78 is 0. The van der Waals surface area contributed by atoms with Gasteiger partial charge in [0.05, 0.1) is 12.7 Å². The second kappa shape index (κ2) is 9.09. The lowest BCUT2D eigenvalue weighted by atomic mass is 10.1. The minimum absolute atomic E-state index is 0.131. The monoisotopic (exact) mass is 459 g/mol. The van der Waals surface area contributed by atoms with E-state index in [1.807, 2.05) is 48.5 Å². The van der Waals surface area contributed by atoms with Gasteiger partial charge in [0.1, 0.15) is 12.1 Å². The van der Waals surface area contributed by atoms with Gasteiger partial charge in [-0.3, -0.25) is 4.79 Å². The van der Waals surface area contributed by atoms with Crippen LogP contribution in [0.15, 0.2) is 79.0 Å². The first-order valence-electron chi connectivity index (χ1n) is 10.1. The molecule has 5 rings (SSSR count). The van der Waals surface area contributed by atoms with Crippen LogP contribution >= 0.6 is 11.6 Å². The number of H-pyrrole nitrogens is 1. The Kier molecular flexibility index (Phi) is 5.69. The second-order valence-corrected chi connectivity index (χ2v) is 7.69. The number of rotatable bonds is 7. The summed E-state index contributed by atoms with van der Waals surface area (Å²) in [6, 6.07) is 22.2. The Morgan fingerprint density at radius 2 is 1.94 bits per heavy atom. The Labute approximate surface area is 193 Å². The molecule has 0 unspecified atom stereocenters. The highest BCUT2D eigenvalue weighted by molar-refractivity contribution is 6.31. The number of nitrogens with zero attached hydrogens (tertiary/aromatic N) is 6. The summed E-state index contributed by atoms with van der Waals surface area (Å²) in [6.07, 6.45) is 1.69. The number of carbonyl (C=O) groups is 1. The van der Waals surface area contributed by atoms with Crippen LogP contribution in [0.4, 0.5) is 5.69 Å². The molecule has 0 aliphatic carbocycles. The number of hydrogen-bond acceptors (Lipinski definition) is 6. The van der Waals surface area contributed by atoms with Crippen molar-refractivity contribution in [2.75, 3.05) is 4.90 Å². The predicted molar refractivity (Wildman–Crippen MR) is 123 cm³/mol. The zero-order valence-corrected chi connectivity index (χ0v) is 18.1. The minimum atomic E-state index is -0.241. The molecule has 10 heteroatoms. The van der Waals surface area contributed by atoms with Crippen molar-refractivity contribution in [2.24, 2.45) is 0 Å². The quantitative estimate of drug-likeness (QED) is 0.398. The van der Waals surface area contributed by atoms with Gasteiger partial charge in [-0.15, -0.1) is 15.3 Å². The first kappa shape index (κ1) is 20.7. The number of fused-ring (bicyclic) bond motifs is 1. The van der Waals surface area contributed by atoms with Gasteiger partial charge in [-0.2, -0.15) is 5.21 Å². The molecular formula is C23H18ClN7O2. The molecular weight excluding hydrogens is 442 g/mol. The molecule has 5 aromatic rings. The highest BCUT2D eigenvalue weighted by Crippen LogP contribution is 2.25. The van der Waals surface area contributed by atoms with E-state index in [2.05, 4.69) is 25.7 Å². The molecule has 0 aliphatic rings. The van der Waals surface area contributed by atoms with Gasteiger partial charge in [-0.05, 0) is 42.0 Å². The van der Waals surface area contributed by atoms with Crippen LogP contribution in [-0.4, -0.2) is 36.5 Å². The van der Waals surface area contributed by atoms with E-state index in [9.17, 15) is 4.79 Å². The van der Waals surface area contributed by atoms with E-state index in [4.69, 9.17) is 16.4 Å². The normalized spacial score (nSPS) is 10.9. The van der Waals surface area contributed by atoms with Crippen molar-refractivity contribution in [1.29, 1.82) is 0 Å². The zero-order valence-electron chi connectivity index (χ0n) is 17.3. The van der Waals surface area contributed by atoms with Crippen LogP contribution in [0.25, 0.3) is 10.9 Å². The van der Waals surface area contributed by atoms with Crippen LogP contribution in [0.2, 0.25) is 5.02 Å². The Balaban J connectivity index is 1.45. The van der Waals surface area contributed by atoms with Crippen molar-refractivity contribution in [2.45, 2.75) is 13.2 Å². The van der Waals surface area contributed by atoms with Crippen LogP contribution < -0.4 is 9.74 Å². The van der Waals surface area contributed by atoms with E-state index in [0.29, 0.717) is 28.7 Å². The first-order chi connectivity index (χ1) is 16.2. The predicted octanol–water partition coefficient (Wildman–Crippen LogP) is 3.68. The number of tetrazole rings is 1. The number of benzene rings is 3. The van der Waals surface area contributed by atoms with Gasteiger partial charge in [0.15, 0.2) is 5.82 Å². The van der Waals surface area contributed by atoms with Crippen LogP contribution in [0.5, 0.6) is 0 Å². The molecule has 33 heavy (non-hydrogen) atoms. The maximum Gasteiger partial charge on any atom is 0.258 e. The van der Waals surface area contributed by atoms with Crippen molar-refractivity contribution >= 4 is 34.1 Å². The fraction of sp³-hybridized carbons (Fsp3) is 0.0870. The summed E-state index contributed by atoms with van der Waals surface area (Å²) in [5.41, 5.74) is 2.92. The van der Waals surface area contributed by atoms with Crippen molar-refractivity contribution in [3.63, 3.8) is 0 Å². The SMILES string of the molecule is O=C(c1cccc(Cl)c1)N(Cc1nn[nH]n1)c1ccc2c(cnn2OCc2ccccc2)c1. The van der Waals surface area contributed by atoms with Gasteiger partial charge in [-0.1, -0.05) is 58.1 Å². The summed E-state index contributed by atoms with van der Waals surface area (Å²) in [6.45, 7) is 0.516. The number of aromatic nitrogens is 6. The molecule has 164 valence electrons. The largest absolute Gasteiger partial charge is 0.391 e. The molecule has 3 aromatic carbocycles. The molecule has 0 fully saturated rings. The zero-order chi connectivity index (χ0) is 22.6. The fourth-order valence-electron chi connectivity index (χ4n) is 3.43. The first-order valence-corrected chi connectivity index (χ1v) is 10.5. The van der Waals surface area contributed by atoms with Crippen LogP contribution in [0.3, 0.4) is 0 Å². The molecule has 0 saturated carbocycles. The molecule has 1 N–H and O–H groups in total. The van der Waals surface area contributed by atoms with E-state index in [1.165, 1.54) is 4.85 Å². The highest BCUT2D eigenvalue weighted by atomic mass is 35.5. The van der Waals surface area contributed by atoms with Gasteiger partial charge in [0, 0.05) is 21.7 Å². The molecule has 1 amide bonds. The standard InChI is InChI=1S/C23H18ClN7O2/c24-19-8-4-7-17(11-19)23(32)30(14-22-26-28-29-27-22)20-9-10-21-18(12-20)13-25-31(21)33-15-16-5-2-1-3-6-16/h1-13H,14-15H2,(H,26,27,28,29). The molecule has 0 saturated heterocycles. The van der Waals surface area contributed by atoms with Crippen molar-refractivity contribution in [3.8, 4) is 0 Å². The van der Waals surface area contributed by atoms with Crippen molar-refractivity contribution in [3.05, 3.63) is 101 Å². The van der Waals surface area contributed by atoms with E-state index in [1.54, 1.807) is 35.4 Å². The Morgan fingerprint density at radius 3 is 2.73 bits per heavy atom. The molecule has 2 heterocycles. The van der Waals surface area contributed by atoms with Gasteiger partial charge in [0.2, 0.25) is 0 Å². The average molecular weight is 460 g/mol. The van der Waals surface area contributed by atoms with E-state index in [-0.39, 0.29) is 12.5 Å². The third-order valence-corrected chi connectivity index (χ3v) is 5.27. The van der Waals surface area contributed by atoms with Crippen LogP contribution in [0, 0.1) is 0 Å². The van der Waals surface area contributed by atoms with Crippen molar-refractivity contribution in [1.82, 2.24) is 30.6 Å². The Morgan fingerprint density at radius 1 is 1.06 bits per heavy atom. The molecule has 0 aliphatic heterocycles. The smallest absolute Gasteiger partial charge is 0.258 e. The number of anilines is 1. The lowest BCUT2D eigenvalue weighted by Gasteiger charge is -2.22. The van der Waals surface area contributed by atoms with E-state index in [0.717, 1.165) is 16.5 Å². The lowest BCUT2D eigenvalue weighted by Crippen LogP contribution is -2.31. The summed E-state index contributed by atoms with van der Waals surface area (Å²) >= 11 is 6.10. The van der Waals surface area contributed by atoms with E-state index >= 15 is 0 Å². The van der Waals surface area contributed by atoms with Gasteiger partial charge in [-0.25, -0.2) is 0 Å². The van der Waals surface area contributed by atoms with E-state index < -0.39 is 0 Å². The number of halogens is 1. The molecule has 0 spiro atoms. The maximum absolute atomic E-state index is 13.4. The van der Waals surface area contributed by atoms with Gasteiger partial charge < -0.3 is 9.74 Å². The highest BCUT2D eigenvalue weighted by Gasteiger charge is 2.21. The number of hydrogen-bond donors (Lipinski definition) is 1. The molecule has 0 atom stereocenters. The number of amides is 1. The molecule has 0 bridgehead atoms. The average Bonchev–Trinajstić information content (AvgIpc) is 3.51. The van der Waals surface area contributed by atoms with Gasteiger partial charge >= 0.3 is 0 Å². The molecule has 0 radical (unpaired) electrons. The third kappa shape index (κ3) is 4.53. The summed E-state index contributed by atoms with van der Waals surface area (Å²) in [5.74, 6) is 0.140. The Bertz CT molecular complexity index is 1390. The number of nitrogens with one attached hydrogen (secondary N) is 1. The second-order valence-electron chi connectivity index (χ2n) is 7.25. The molecule has 9 nitrogen and oxygen atoms in total. The van der Waals surface area contributed by atoms with Crippen LogP contribution in [-0.2, 0) is 13.2 Å². The Hall–Kier alpha value is -4.24. The summed E-state index contributed by atoms with van der Waals surface area (Å²) in [4.78, 5) is 22.2. The fourth-order valence-corrected chi connectivity index (χ4v) is 3.62.